The largest absolute Gasteiger partial charge is 0.383 e. The highest BCUT2D eigenvalue weighted by Crippen LogP contribution is 2.29. The minimum absolute atomic E-state index is 0.100. The summed E-state index contributed by atoms with van der Waals surface area (Å²) in [5, 5.41) is 0. The van der Waals surface area contributed by atoms with E-state index in [0.29, 0.717) is 12.6 Å². The third kappa shape index (κ3) is 4.39. The molecule has 2 N–H and O–H groups in total. The van der Waals surface area contributed by atoms with Crippen LogP contribution in [0.25, 0.3) is 0 Å². The number of hydrogen-bond donors (Lipinski definition) is 1. The van der Waals surface area contributed by atoms with Gasteiger partial charge >= 0.3 is 0 Å². The van der Waals surface area contributed by atoms with E-state index in [9.17, 15) is 0 Å². The molecule has 1 fully saturated rings. The molecule has 5 heteroatoms. The second-order valence-corrected chi connectivity index (χ2v) is 5.72. The zero-order chi connectivity index (χ0) is 14.3. The van der Waals surface area contributed by atoms with Crippen molar-refractivity contribution in [1.82, 2.24) is 9.80 Å². The van der Waals surface area contributed by atoms with Crippen molar-refractivity contribution in [3.05, 3.63) is 0 Å². The van der Waals surface area contributed by atoms with Crippen molar-refractivity contribution in [3.63, 3.8) is 0 Å². The minimum Gasteiger partial charge on any atom is -0.383 e. The molecule has 0 aromatic carbocycles. The predicted molar refractivity (Wildman–Crippen MR) is 78.4 cm³/mol. The van der Waals surface area contributed by atoms with Crippen molar-refractivity contribution < 1.29 is 9.47 Å². The van der Waals surface area contributed by atoms with Crippen LogP contribution in [-0.4, -0.2) is 82.0 Å². The Morgan fingerprint density at radius 3 is 2.37 bits per heavy atom. The Bertz CT molecular complexity index is 243. The van der Waals surface area contributed by atoms with Crippen LogP contribution in [0.15, 0.2) is 0 Å². The summed E-state index contributed by atoms with van der Waals surface area (Å²) in [4.78, 5) is 4.89. The lowest BCUT2D eigenvalue weighted by atomic mass is 9.84. The molecule has 1 aliphatic rings. The van der Waals surface area contributed by atoms with Gasteiger partial charge in [0.25, 0.3) is 0 Å². The summed E-state index contributed by atoms with van der Waals surface area (Å²) in [5.74, 6) is 0. The Morgan fingerprint density at radius 1 is 1.26 bits per heavy atom. The summed E-state index contributed by atoms with van der Waals surface area (Å²) >= 11 is 0. The normalized spacial score (nSPS) is 21.8. The molecule has 1 rings (SSSR count). The molecule has 0 bridgehead atoms. The fourth-order valence-corrected chi connectivity index (χ4v) is 3.09. The van der Waals surface area contributed by atoms with E-state index in [2.05, 4.69) is 23.8 Å². The highest BCUT2D eigenvalue weighted by molar-refractivity contribution is 4.97. The van der Waals surface area contributed by atoms with E-state index in [1.807, 2.05) is 0 Å². The zero-order valence-electron chi connectivity index (χ0n) is 13.0. The van der Waals surface area contributed by atoms with E-state index >= 15 is 0 Å². The fraction of sp³-hybridized carbons (Fsp3) is 1.00. The number of nitrogens with two attached hydrogens (primary N) is 1. The Labute approximate surface area is 118 Å². The second kappa shape index (κ2) is 8.17. The van der Waals surface area contributed by atoms with Gasteiger partial charge in [0.05, 0.1) is 13.2 Å². The minimum atomic E-state index is 0.100. The molecule has 0 amide bonds. The lowest BCUT2D eigenvalue weighted by molar-refractivity contribution is -0.0290. The fourth-order valence-electron chi connectivity index (χ4n) is 3.09. The first-order valence-electron chi connectivity index (χ1n) is 7.23. The van der Waals surface area contributed by atoms with Gasteiger partial charge in [-0.15, -0.1) is 0 Å². The molecule has 1 aliphatic heterocycles. The maximum atomic E-state index is 6.15. The topological polar surface area (TPSA) is 51.0 Å². The second-order valence-electron chi connectivity index (χ2n) is 5.72. The molecule has 114 valence electrons. The summed E-state index contributed by atoms with van der Waals surface area (Å²) in [7, 11) is 5.69. The average Bonchev–Trinajstić information content (AvgIpc) is 2.42. The molecule has 1 heterocycles. The van der Waals surface area contributed by atoms with E-state index in [0.717, 1.165) is 45.7 Å². The molecular formula is C14H31N3O2. The molecule has 5 nitrogen and oxygen atoms in total. The summed E-state index contributed by atoms with van der Waals surface area (Å²) in [5.41, 5.74) is 6.25. The summed E-state index contributed by atoms with van der Waals surface area (Å²) in [6.07, 6.45) is 2.25. The first-order chi connectivity index (χ1) is 9.09. The van der Waals surface area contributed by atoms with Crippen LogP contribution in [0.2, 0.25) is 0 Å². The SMILES string of the molecule is COCCN(C(C)COC)C1(CN)CCN(C)CC1. The van der Waals surface area contributed by atoms with Crippen molar-refractivity contribution in [2.45, 2.75) is 31.3 Å². The van der Waals surface area contributed by atoms with Crippen LogP contribution >= 0.6 is 0 Å². The lowest BCUT2D eigenvalue weighted by Gasteiger charge is -2.50. The molecular weight excluding hydrogens is 242 g/mol. The summed E-state index contributed by atoms with van der Waals surface area (Å²) in [6.45, 7) is 7.54. The van der Waals surface area contributed by atoms with Gasteiger partial charge in [0.15, 0.2) is 0 Å². The van der Waals surface area contributed by atoms with E-state index in [4.69, 9.17) is 15.2 Å². The Morgan fingerprint density at radius 2 is 1.89 bits per heavy atom. The van der Waals surface area contributed by atoms with Crippen molar-refractivity contribution in [2.24, 2.45) is 5.73 Å². The number of ether oxygens (including phenoxy) is 2. The number of piperidine rings is 1. The van der Waals surface area contributed by atoms with Crippen LogP contribution in [0, 0.1) is 0 Å². The highest BCUT2D eigenvalue weighted by Gasteiger charge is 2.39. The Balaban J connectivity index is 2.79. The van der Waals surface area contributed by atoms with Gasteiger partial charge in [-0.05, 0) is 39.9 Å². The molecule has 0 aromatic heterocycles. The van der Waals surface area contributed by atoms with E-state index in [1.54, 1.807) is 14.2 Å². The molecule has 1 atom stereocenters. The Hall–Kier alpha value is -0.200. The number of hydrogen-bond acceptors (Lipinski definition) is 5. The van der Waals surface area contributed by atoms with Crippen molar-refractivity contribution >= 4 is 0 Å². The van der Waals surface area contributed by atoms with Crippen molar-refractivity contribution in [1.29, 1.82) is 0 Å². The number of likely N-dealkylation sites (tertiary alicyclic amines) is 1. The van der Waals surface area contributed by atoms with Crippen LogP contribution < -0.4 is 5.73 Å². The molecule has 0 aliphatic carbocycles. The maximum Gasteiger partial charge on any atom is 0.0615 e. The van der Waals surface area contributed by atoms with Gasteiger partial charge in [-0.1, -0.05) is 0 Å². The summed E-state index contributed by atoms with van der Waals surface area (Å²) in [6, 6.07) is 0.368. The number of nitrogens with zero attached hydrogens (tertiary/aromatic N) is 2. The summed E-state index contributed by atoms with van der Waals surface area (Å²) < 4.78 is 10.6. The predicted octanol–water partition coefficient (Wildman–Crippen LogP) is 0.393. The monoisotopic (exact) mass is 273 g/mol. The zero-order valence-corrected chi connectivity index (χ0v) is 13.0. The van der Waals surface area contributed by atoms with Gasteiger partial charge in [0, 0.05) is 38.9 Å². The van der Waals surface area contributed by atoms with E-state index in [-0.39, 0.29) is 5.54 Å². The van der Waals surface area contributed by atoms with E-state index < -0.39 is 0 Å². The van der Waals surface area contributed by atoms with Crippen LogP contribution in [0.4, 0.5) is 0 Å². The van der Waals surface area contributed by atoms with Crippen LogP contribution in [0.5, 0.6) is 0 Å². The number of rotatable bonds is 8. The van der Waals surface area contributed by atoms with Crippen LogP contribution in [0.3, 0.4) is 0 Å². The third-order valence-corrected chi connectivity index (χ3v) is 4.38. The molecule has 0 spiro atoms. The van der Waals surface area contributed by atoms with Gasteiger partial charge in [-0.3, -0.25) is 4.90 Å². The first kappa shape index (κ1) is 16.9. The van der Waals surface area contributed by atoms with Gasteiger partial charge in [-0.2, -0.15) is 0 Å². The molecule has 0 saturated carbocycles. The van der Waals surface area contributed by atoms with Crippen LogP contribution in [0.1, 0.15) is 19.8 Å². The molecule has 1 saturated heterocycles. The molecule has 0 aromatic rings. The first-order valence-corrected chi connectivity index (χ1v) is 7.23. The Kier molecular flexibility index (Phi) is 7.25. The van der Waals surface area contributed by atoms with Gasteiger partial charge in [0.1, 0.15) is 0 Å². The van der Waals surface area contributed by atoms with Gasteiger partial charge < -0.3 is 20.1 Å². The van der Waals surface area contributed by atoms with Gasteiger partial charge in [-0.25, -0.2) is 0 Å². The van der Waals surface area contributed by atoms with Crippen LogP contribution in [-0.2, 0) is 9.47 Å². The average molecular weight is 273 g/mol. The maximum absolute atomic E-state index is 6.15. The quantitative estimate of drug-likeness (QED) is 0.693. The van der Waals surface area contributed by atoms with E-state index in [1.165, 1.54) is 0 Å². The van der Waals surface area contributed by atoms with Crippen molar-refractivity contribution in [2.75, 3.05) is 60.7 Å². The lowest BCUT2D eigenvalue weighted by Crippen LogP contribution is -2.62. The molecule has 0 radical (unpaired) electrons. The third-order valence-electron chi connectivity index (χ3n) is 4.38. The molecule has 1 unspecified atom stereocenters. The van der Waals surface area contributed by atoms with Gasteiger partial charge in [0.2, 0.25) is 0 Å². The standard InChI is InChI=1S/C14H31N3O2/c1-13(11-19-4)17(9-10-18-3)14(12-15)5-7-16(2)8-6-14/h13H,5-12,15H2,1-4H3. The smallest absolute Gasteiger partial charge is 0.0615 e. The molecule has 19 heavy (non-hydrogen) atoms. The number of methoxy groups -OCH3 is 2. The van der Waals surface area contributed by atoms with Crippen molar-refractivity contribution in [3.8, 4) is 0 Å². The highest BCUT2D eigenvalue weighted by atomic mass is 16.5.